The zero-order valence-electron chi connectivity index (χ0n) is 10.8. The number of hydrogen-bond acceptors (Lipinski definition) is 3. The van der Waals surface area contributed by atoms with Crippen molar-refractivity contribution in [2.24, 2.45) is 11.7 Å². The van der Waals surface area contributed by atoms with Crippen molar-refractivity contribution in [3.8, 4) is 0 Å². The monoisotopic (exact) mass is 238 g/mol. The number of H-pyrrole nitrogens is 1. The van der Waals surface area contributed by atoms with Crippen molar-refractivity contribution in [2.75, 3.05) is 11.9 Å². The SMILES string of the molecule is CC(CCCN)C(=O)Nc1cc(C(C)C)[nH]n1. The minimum atomic E-state index is -0.0299. The molecule has 0 spiro atoms. The normalized spacial score (nSPS) is 12.8. The molecule has 5 nitrogen and oxygen atoms in total. The van der Waals surface area contributed by atoms with Gasteiger partial charge in [0.1, 0.15) is 0 Å². The van der Waals surface area contributed by atoms with Crippen molar-refractivity contribution < 1.29 is 4.79 Å². The molecule has 1 rings (SSSR count). The third kappa shape index (κ3) is 4.19. The molecule has 1 aromatic heterocycles. The van der Waals surface area contributed by atoms with Crippen LogP contribution in [0, 0.1) is 5.92 Å². The molecule has 17 heavy (non-hydrogen) atoms. The second kappa shape index (κ2) is 6.39. The maximum Gasteiger partial charge on any atom is 0.228 e. The summed E-state index contributed by atoms with van der Waals surface area (Å²) in [6, 6.07) is 1.87. The van der Waals surface area contributed by atoms with Gasteiger partial charge in [-0.15, -0.1) is 0 Å². The van der Waals surface area contributed by atoms with Crippen LogP contribution >= 0.6 is 0 Å². The van der Waals surface area contributed by atoms with Gasteiger partial charge in [-0.3, -0.25) is 9.89 Å². The number of anilines is 1. The standard InChI is InChI=1S/C12H22N4O/c1-8(2)10-7-11(16-15-10)14-12(17)9(3)5-4-6-13/h7-9H,4-6,13H2,1-3H3,(H2,14,15,16,17). The Morgan fingerprint density at radius 1 is 1.53 bits per heavy atom. The number of aromatic amines is 1. The van der Waals surface area contributed by atoms with Gasteiger partial charge in [-0.25, -0.2) is 0 Å². The molecule has 0 saturated carbocycles. The number of carbonyl (C=O) groups excluding carboxylic acids is 1. The molecular formula is C12H22N4O. The van der Waals surface area contributed by atoms with Gasteiger partial charge in [0.15, 0.2) is 5.82 Å². The molecule has 0 saturated heterocycles. The van der Waals surface area contributed by atoms with Crippen molar-refractivity contribution in [3.05, 3.63) is 11.8 Å². The molecule has 0 aliphatic carbocycles. The Bertz CT molecular complexity index is 359. The van der Waals surface area contributed by atoms with E-state index in [2.05, 4.69) is 29.4 Å². The molecule has 0 fully saturated rings. The van der Waals surface area contributed by atoms with E-state index in [-0.39, 0.29) is 11.8 Å². The van der Waals surface area contributed by atoms with Gasteiger partial charge in [-0.2, -0.15) is 5.10 Å². The van der Waals surface area contributed by atoms with Gasteiger partial charge in [-0.05, 0) is 25.3 Å². The highest BCUT2D eigenvalue weighted by atomic mass is 16.1. The van der Waals surface area contributed by atoms with Crippen LogP contribution < -0.4 is 11.1 Å². The first kappa shape index (κ1) is 13.7. The van der Waals surface area contributed by atoms with E-state index in [1.807, 2.05) is 13.0 Å². The summed E-state index contributed by atoms with van der Waals surface area (Å²) in [7, 11) is 0. The lowest BCUT2D eigenvalue weighted by Crippen LogP contribution is -2.21. The van der Waals surface area contributed by atoms with Crippen molar-refractivity contribution in [1.29, 1.82) is 0 Å². The fourth-order valence-corrected chi connectivity index (χ4v) is 1.50. The third-order valence-electron chi connectivity index (χ3n) is 2.76. The van der Waals surface area contributed by atoms with E-state index in [1.165, 1.54) is 0 Å². The first-order chi connectivity index (χ1) is 8.04. The van der Waals surface area contributed by atoms with Crippen molar-refractivity contribution in [1.82, 2.24) is 10.2 Å². The number of nitrogens with two attached hydrogens (primary N) is 1. The van der Waals surface area contributed by atoms with Crippen LogP contribution in [0.1, 0.15) is 45.2 Å². The molecule has 1 aromatic rings. The van der Waals surface area contributed by atoms with E-state index in [1.54, 1.807) is 0 Å². The van der Waals surface area contributed by atoms with E-state index in [4.69, 9.17) is 5.73 Å². The van der Waals surface area contributed by atoms with Gasteiger partial charge in [0.2, 0.25) is 5.91 Å². The van der Waals surface area contributed by atoms with Gasteiger partial charge in [0.25, 0.3) is 0 Å². The Morgan fingerprint density at radius 3 is 2.76 bits per heavy atom. The molecule has 96 valence electrons. The molecule has 1 unspecified atom stereocenters. The van der Waals surface area contributed by atoms with E-state index < -0.39 is 0 Å². The number of aromatic nitrogens is 2. The van der Waals surface area contributed by atoms with Crippen LogP contribution in [0.2, 0.25) is 0 Å². The van der Waals surface area contributed by atoms with Gasteiger partial charge >= 0.3 is 0 Å². The van der Waals surface area contributed by atoms with Gasteiger partial charge in [0, 0.05) is 17.7 Å². The lowest BCUT2D eigenvalue weighted by Gasteiger charge is -2.09. The minimum Gasteiger partial charge on any atom is -0.330 e. The smallest absolute Gasteiger partial charge is 0.228 e. The Morgan fingerprint density at radius 2 is 2.24 bits per heavy atom. The van der Waals surface area contributed by atoms with Gasteiger partial charge in [0.05, 0.1) is 0 Å². The molecule has 0 bridgehead atoms. The fraction of sp³-hybridized carbons (Fsp3) is 0.667. The van der Waals surface area contributed by atoms with Gasteiger partial charge < -0.3 is 11.1 Å². The number of hydrogen-bond donors (Lipinski definition) is 3. The van der Waals surface area contributed by atoms with E-state index in [9.17, 15) is 4.79 Å². The summed E-state index contributed by atoms with van der Waals surface area (Å²) >= 11 is 0. The summed E-state index contributed by atoms with van der Waals surface area (Å²) in [6.07, 6.45) is 1.68. The highest BCUT2D eigenvalue weighted by Gasteiger charge is 2.14. The van der Waals surface area contributed by atoms with Crippen LogP contribution in [-0.4, -0.2) is 22.6 Å². The Labute approximate surface area is 102 Å². The zero-order valence-corrected chi connectivity index (χ0v) is 10.8. The van der Waals surface area contributed by atoms with Crippen LogP contribution in [0.5, 0.6) is 0 Å². The summed E-state index contributed by atoms with van der Waals surface area (Å²) in [6.45, 7) is 6.67. The summed E-state index contributed by atoms with van der Waals surface area (Å²) in [5, 5.41) is 9.77. The quantitative estimate of drug-likeness (QED) is 0.707. The summed E-state index contributed by atoms with van der Waals surface area (Å²) < 4.78 is 0. The first-order valence-corrected chi connectivity index (χ1v) is 6.10. The van der Waals surface area contributed by atoms with E-state index in [0.29, 0.717) is 18.3 Å². The molecule has 0 aliphatic rings. The molecule has 1 amide bonds. The van der Waals surface area contributed by atoms with Crippen LogP contribution in [0.4, 0.5) is 5.82 Å². The molecular weight excluding hydrogens is 216 g/mol. The second-order valence-electron chi connectivity index (χ2n) is 4.68. The predicted octanol–water partition coefficient (Wildman–Crippen LogP) is 1.85. The average molecular weight is 238 g/mol. The summed E-state index contributed by atoms with van der Waals surface area (Å²) in [5.41, 5.74) is 6.44. The van der Waals surface area contributed by atoms with Crippen molar-refractivity contribution >= 4 is 11.7 Å². The lowest BCUT2D eigenvalue weighted by atomic mass is 10.1. The fourth-order valence-electron chi connectivity index (χ4n) is 1.50. The Hall–Kier alpha value is -1.36. The average Bonchev–Trinajstić information content (AvgIpc) is 2.74. The zero-order chi connectivity index (χ0) is 12.8. The largest absolute Gasteiger partial charge is 0.330 e. The van der Waals surface area contributed by atoms with E-state index >= 15 is 0 Å². The number of carbonyl (C=O) groups is 1. The summed E-state index contributed by atoms with van der Waals surface area (Å²) in [5.74, 6) is 0.944. The molecule has 1 atom stereocenters. The minimum absolute atomic E-state index is 0.000237. The molecule has 4 N–H and O–H groups in total. The van der Waals surface area contributed by atoms with Crippen molar-refractivity contribution in [3.63, 3.8) is 0 Å². The number of nitrogens with zero attached hydrogens (tertiary/aromatic N) is 1. The van der Waals surface area contributed by atoms with Crippen LogP contribution in [0.25, 0.3) is 0 Å². The predicted molar refractivity (Wildman–Crippen MR) is 68.8 cm³/mol. The summed E-state index contributed by atoms with van der Waals surface area (Å²) in [4.78, 5) is 11.8. The van der Waals surface area contributed by atoms with Crippen LogP contribution in [0.3, 0.4) is 0 Å². The number of rotatable bonds is 6. The van der Waals surface area contributed by atoms with Gasteiger partial charge in [-0.1, -0.05) is 20.8 Å². The Kier molecular flexibility index (Phi) is 5.15. The van der Waals surface area contributed by atoms with Crippen LogP contribution in [0.15, 0.2) is 6.07 Å². The maximum atomic E-state index is 11.8. The second-order valence-corrected chi connectivity index (χ2v) is 4.68. The molecule has 1 heterocycles. The number of amides is 1. The topological polar surface area (TPSA) is 83.8 Å². The molecule has 0 radical (unpaired) electrons. The molecule has 5 heteroatoms. The van der Waals surface area contributed by atoms with Crippen molar-refractivity contribution in [2.45, 2.75) is 39.5 Å². The Balaban J connectivity index is 2.49. The first-order valence-electron chi connectivity index (χ1n) is 6.10. The lowest BCUT2D eigenvalue weighted by molar-refractivity contribution is -0.119. The molecule has 0 aliphatic heterocycles. The highest BCUT2D eigenvalue weighted by molar-refractivity contribution is 5.91. The number of nitrogens with one attached hydrogen (secondary N) is 2. The third-order valence-corrected chi connectivity index (χ3v) is 2.76. The maximum absolute atomic E-state index is 11.8. The van der Waals surface area contributed by atoms with E-state index in [0.717, 1.165) is 18.5 Å². The van der Waals surface area contributed by atoms with Crippen LogP contribution in [-0.2, 0) is 4.79 Å². The highest BCUT2D eigenvalue weighted by Crippen LogP contribution is 2.16. The molecule has 0 aromatic carbocycles.